The number of likely N-dealkylation sites (tertiary alicyclic amines) is 1. The van der Waals surface area contributed by atoms with Crippen LogP contribution in [0, 0.1) is 0 Å². The van der Waals surface area contributed by atoms with Crippen molar-refractivity contribution in [1.29, 1.82) is 0 Å². The monoisotopic (exact) mass is 419 g/mol. The minimum absolute atomic E-state index is 0.0336. The Hall–Kier alpha value is -2.86. The van der Waals surface area contributed by atoms with Gasteiger partial charge in [0.2, 0.25) is 0 Å². The summed E-state index contributed by atoms with van der Waals surface area (Å²) in [6.45, 7) is 2.52. The molecule has 1 aliphatic carbocycles. The molecule has 5 rings (SSSR count). The van der Waals surface area contributed by atoms with Gasteiger partial charge in [0, 0.05) is 18.2 Å². The third-order valence-corrected chi connectivity index (χ3v) is 6.53. The van der Waals surface area contributed by atoms with E-state index < -0.39 is 0 Å². The summed E-state index contributed by atoms with van der Waals surface area (Å²) in [7, 11) is 0. The molecule has 1 fully saturated rings. The van der Waals surface area contributed by atoms with E-state index in [-0.39, 0.29) is 11.9 Å². The molecule has 3 heterocycles. The number of piperidine rings is 1. The minimum Gasteiger partial charge on any atom is -0.468 e. The second-order valence-corrected chi connectivity index (χ2v) is 8.60. The van der Waals surface area contributed by atoms with Crippen molar-refractivity contribution in [1.82, 2.24) is 15.4 Å². The van der Waals surface area contributed by atoms with Crippen LogP contribution in [0.3, 0.4) is 0 Å². The Bertz CT molecular complexity index is 1020. The standard InChI is InChI=1S/C25H29N3O3/c29-25(26-17-22(23-9-6-14-30-23)28-12-4-1-5-13-28)21-16-24(31-27-21)20-11-10-18-7-2-3-8-19(18)15-20/h6,9-11,14-16,22H,1-5,7-8,12-13,17H2,(H,26,29)/t22-/m0/s1. The maximum Gasteiger partial charge on any atom is 0.273 e. The zero-order valence-corrected chi connectivity index (χ0v) is 17.8. The molecule has 1 amide bonds. The van der Waals surface area contributed by atoms with Gasteiger partial charge in [-0.15, -0.1) is 0 Å². The van der Waals surface area contributed by atoms with E-state index in [4.69, 9.17) is 8.94 Å². The van der Waals surface area contributed by atoms with Crippen LogP contribution < -0.4 is 5.32 Å². The number of hydrogen-bond donors (Lipinski definition) is 1. The first kappa shape index (κ1) is 20.1. The number of aromatic nitrogens is 1. The average Bonchev–Trinajstić information content (AvgIpc) is 3.52. The van der Waals surface area contributed by atoms with Crippen LogP contribution in [-0.2, 0) is 12.8 Å². The molecule has 2 aliphatic rings. The lowest BCUT2D eigenvalue weighted by atomic mass is 9.90. The molecule has 1 atom stereocenters. The number of nitrogens with one attached hydrogen (secondary N) is 1. The molecular weight excluding hydrogens is 390 g/mol. The van der Waals surface area contributed by atoms with Gasteiger partial charge in [-0.2, -0.15) is 0 Å². The van der Waals surface area contributed by atoms with E-state index in [1.54, 1.807) is 12.3 Å². The lowest BCUT2D eigenvalue weighted by Crippen LogP contribution is -2.40. The fraction of sp³-hybridized carbons (Fsp3) is 0.440. The van der Waals surface area contributed by atoms with Crippen LogP contribution in [0.1, 0.15) is 65.5 Å². The third kappa shape index (κ3) is 4.44. The SMILES string of the molecule is O=C(NC[C@@H](c1ccco1)N1CCCCC1)c1cc(-c2ccc3c(c2)CCCC3)on1. The number of furan rings is 1. The Morgan fingerprint density at radius 2 is 1.87 bits per heavy atom. The number of amides is 1. The molecule has 6 nitrogen and oxygen atoms in total. The summed E-state index contributed by atoms with van der Waals surface area (Å²) >= 11 is 0. The van der Waals surface area contributed by atoms with E-state index in [1.165, 1.54) is 43.2 Å². The van der Waals surface area contributed by atoms with Gasteiger partial charge in [-0.25, -0.2) is 0 Å². The molecule has 1 N–H and O–H groups in total. The molecule has 162 valence electrons. The van der Waals surface area contributed by atoms with Gasteiger partial charge in [0.1, 0.15) is 5.76 Å². The Labute approximate surface area is 182 Å². The van der Waals surface area contributed by atoms with Crippen LogP contribution in [0.15, 0.2) is 51.6 Å². The van der Waals surface area contributed by atoms with E-state index in [0.29, 0.717) is 18.0 Å². The van der Waals surface area contributed by atoms with Crippen LogP contribution in [0.4, 0.5) is 0 Å². The van der Waals surface area contributed by atoms with Gasteiger partial charge < -0.3 is 14.3 Å². The van der Waals surface area contributed by atoms with Crippen LogP contribution in [0.25, 0.3) is 11.3 Å². The first-order valence-electron chi connectivity index (χ1n) is 11.4. The van der Waals surface area contributed by atoms with E-state index in [1.807, 2.05) is 12.1 Å². The molecule has 0 bridgehead atoms. The van der Waals surface area contributed by atoms with Crippen molar-refractivity contribution < 1.29 is 13.7 Å². The summed E-state index contributed by atoms with van der Waals surface area (Å²) < 4.78 is 11.2. The van der Waals surface area contributed by atoms with Crippen LogP contribution in [0.5, 0.6) is 0 Å². The normalized spacial score (nSPS) is 17.8. The van der Waals surface area contributed by atoms with Crippen molar-refractivity contribution >= 4 is 5.91 Å². The first-order chi connectivity index (χ1) is 15.3. The first-order valence-corrected chi connectivity index (χ1v) is 11.4. The quantitative estimate of drug-likeness (QED) is 0.623. The molecule has 2 aromatic heterocycles. The van der Waals surface area contributed by atoms with Gasteiger partial charge in [0.15, 0.2) is 11.5 Å². The van der Waals surface area contributed by atoms with Crippen LogP contribution >= 0.6 is 0 Å². The van der Waals surface area contributed by atoms with Crippen molar-refractivity contribution in [3.63, 3.8) is 0 Å². The summed E-state index contributed by atoms with van der Waals surface area (Å²) in [5.41, 5.74) is 4.10. The lowest BCUT2D eigenvalue weighted by molar-refractivity contribution is 0.0905. The highest BCUT2D eigenvalue weighted by Gasteiger charge is 2.25. The van der Waals surface area contributed by atoms with E-state index in [0.717, 1.165) is 37.3 Å². The summed E-state index contributed by atoms with van der Waals surface area (Å²) in [6.07, 6.45) is 10.1. The minimum atomic E-state index is -0.221. The fourth-order valence-corrected chi connectivity index (χ4v) is 4.81. The summed E-state index contributed by atoms with van der Waals surface area (Å²) in [4.78, 5) is 15.2. The highest BCUT2D eigenvalue weighted by molar-refractivity contribution is 5.93. The van der Waals surface area contributed by atoms with Gasteiger partial charge in [-0.05, 0) is 80.9 Å². The second-order valence-electron chi connectivity index (χ2n) is 8.60. The van der Waals surface area contributed by atoms with Crippen molar-refractivity contribution in [2.24, 2.45) is 0 Å². The van der Waals surface area contributed by atoms with E-state index >= 15 is 0 Å². The summed E-state index contributed by atoms with van der Waals surface area (Å²) in [6, 6.07) is 12.1. The molecule has 1 aliphatic heterocycles. The van der Waals surface area contributed by atoms with Crippen molar-refractivity contribution in [2.75, 3.05) is 19.6 Å². The number of rotatable bonds is 6. The van der Waals surface area contributed by atoms with Crippen molar-refractivity contribution in [3.05, 3.63) is 65.2 Å². The maximum atomic E-state index is 12.8. The molecular formula is C25H29N3O3. The predicted molar refractivity (Wildman–Crippen MR) is 118 cm³/mol. The van der Waals surface area contributed by atoms with Gasteiger partial charge in [-0.3, -0.25) is 9.69 Å². The molecule has 6 heteroatoms. The van der Waals surface area contributed by atoms with Gasteiger partial charge in [0.05, 0.1) is 12.3 Å². The zero-order chi connectivity index (χ0) is 21.0. The highest BCUT2D eigenvalue weighted by atomic mass is 16.5. The highest BCUT2D eigenvalue weighted by Crippen LogP contribution is 2.28. The molecule has 1 aromatic carbocycles. The second kappa shape index (κ2) is 9.10. The molecule has 0 saturated carbocycles. The maximum absolute atomic E-state index is 12.8. The molecule has 31 heavy (non-hydrogen) atoms. The number of aryl methyl sites for hydroxylation is 2. The smallest absolute Gasteiger partial charge is 0.273 e. The van der Waals surface area contributed by atoms with Crippen molar-refractivity contribution in [2.45, 2.75) is 51.0 Å². The Morgan fingerprint density at radius 3 is 2.68 bits per heavy atom. The Balaban J connectivity index is 1.27. The summed E-state index contributed by atoms with van der Waals surface area (Å²) in [5, 5.41) is 7.07. The number of benzene rings is 1. The van der Waals surface area contributed by atoms with Crippen LogP contribution in [-0.4, -0.2) is 35.6 Å². The Kier molecular flexibility index (Phi) is 5.89. The fourth-order valence-electron chi connectivity index (χ4n) is 4.81. The predicted octanol–water partition coefficient (Wildman–Crippen LogP) is 4.77. The molecule has 0 radical (unpaired) electrons. The largest absolute Gasteiger partial charge is 0.468 e. The molecule has 3 aromatic rings. The van der Waals surface area contributed by atoms with E-state index in [2.05, 4.69) is 33.6 Å². The van der Waals surface area contributed by atoms with Crippen LogP contribution in [0.2, 0.25) is 0 Å². The number of carbonyl (C=O) groups excluding carboxylic acids is 1. The number of carbonyl (C=O) groups is 1. The Morgan fingerprint density at radius 1 is 1.03 bits per heavy atom. The summed E-state index contributed by atoms with van der Waals surface area (Å²) in [5.74, 6) is 1.30. The molecule has 0 unspecified atom stereocenters. The lowest BCUT2D eigenvalue weighted by Gasteiger charge is -2.33. The topological polar surface area (TPSA) is 71.5 Å². The van der Waals surface area contributed by atoms with E-state index in [9.17, 15) is 4.79 Å². The molecule has 1 saturated heterocycles. The average molecular weight is 420 g/mol. The number of hydrogen-bond acceptors (Lipinski definition) is 5. The van der Waals surface area contributed by atoms with Crippen molar-refractivity contribution in [3.8, 4) is 11.3 Å². The number of fused-ring (bicyclic) bond motifs is 1. The zero-order valence-electron chi connectivity index (χ0n) is 17.8. The van der Waals surface area contributed by atoms with Gasteiger partial charge >= 0.3 is 0 Å². The van der Waals surface area contributed by atoms with Gasteiger partial charge in [0.25, 0.3) is 5.91 Å². The third-order valence-electron chi connectivity index (χ3n) is 6.53. The number of nitrogens with zero attached hydrogens (tertiary/aromatic N) is 2. The molecule has 0 spiro atoms. The van der Waals surface area contributed by atoms with Gasteiger partial charge in [-0.1, -0.05) is 23.7 Å².